The Morgan fingerprint density at radius 1 is 1.08 bits per heavy atom. The molecule has 0 aliphatic heterocycles. The molecule has 3 aromatic rings. The highest BCUT2D eigenvalue weighted by molar-refractivity contribution is 7.91. The highest BCUT2D eigenvalue weighted by Gasteiger charge is 2.22. The summed E-state index contributed by atoms with van der Waals surface area (Å²) in [5, 5.41) is 8.03. The van der Waals surface area contributed by atoms with Gasteiger partial charge in [-0.15, -0.1) is 10.2 Å². The molecule has 0 bridgehead atoms. The average molecular weight is 399 g/mol. The van der Waals surface area contributed by atoms with E-state index in [1.807, 2.05) is 0 Å². The highest BCUT2D eigenvalue weighted by atomic mass is 35.5. The molecule has 0 saturated carbocycles. The quantitative estimate of drug-likeness (QED) is 0.604. The predicted molar refractivity (Wildman–Crippen MR) is 93.1 cm³/mol. The summed E-state index contributed by atoms with van der Waals surface area (Å²) in [5.41, 5.74) is 0.601. The second-order valence-electron chi connectivity index (χ2n) is 5.06. The van der Waals surface area contributed by atoms with Gasteiger partial charge in [-0.2, -0.15) is 0 Å². The zero-order chi connectivity index (χ0) is 18.0. The van der Waals surface area contributed by atoms with Gasteiger partial charge < -0.3 is 4.42 Å². The van der Waals surface area contributed by atoms with Crippen molar-refractivity contribution in [2.75, 3.05) is 5.75 Å². The Balaban J connectivity index is 2.05. The minimum atomic E-state index is -3.60. The molecule has 0 unspecified atom stereocenters. The Labute approximate surface area is 154 Å². The first-order chi connectivity index (χ1) is 11.9. The summed E-state index contributed by atoms with van der Waals surface area (Å²) in [6.45, 7) is 1.75. The van der Waals surface area contributed by atoms with Gasteiger partial charge in [0.2, 0.25) is 20.9 Å². The Kier molecular flexibility index (Phi) is 5.03. The molecule has 0 N–H and O–H groups in total. The van der Waals surface area contributed by atoms with Gasteiger partial charge in [-0.3, -0.25) is 0 Å². The molecular formula is C15H12Cl2N4O3S. The molecule has 0 fully saturated rings. The van der Waals surface area contributed by atoms with E-state index in [4.69, 9.17) is 27.6 Å². The fourth-order valence-electron chi connectivity index (χ4n) is 2.07. The summed E-state index contributed by atoms with van der Waals surface area (Å²) in [5.74, 6) is 0.0893. The van der Waals surface area contributed by atoms with E-state index in [0.717, 1.165) is 0 Å². The van der Waals surface area contributed by atoms with Crippen LogP contribution in [0, 0.1) is 0 Å². The minimum Gasteiger partial charge on any atom is -0.414 e. The molecule has 2 heterocycles. The fourth-order valence-corrected chi connectivity index (χ4v) is 3.63. The maximum absolute atomic E-state index is 12.1. The third-order valence-corrected chi connectivity index (χ3v) is 5.51. The molecule has 10 heteroatoms. The van der Waals surface area contributed by atoms with Gasteiger partial charge in [0.15, 0.2) is 5.69 Å². The van der Waals surface area contributed by atoms with Gasteiger partial charge in [0.25, 0.3) is 5.89 Å². The molecule has 1 aromatic carbocycles. The Hall–Kier alpha value is -2.03. The molecule has 3 rings (SSSR count). The van der Waals surface area contributed by atoms with Gasteiger partial charge in [-0.05, 0) is 18.6 Å². The van der Waals surface area contributed by atoms with E-state index in [9.17, 15) is 8.42 Å². The topological polar surface area (TPSA) is 98.8 Å². The summed E-state index contributed by atoms with van der Waals surface area (Å²) < 4.78 is 29.9. The number of halogens is 2. The largest absolute Gasteiger partial charge is 0.414 e. The van der Waals surface area contributed by atoms with Crippen molar-refractivity contribution in [2.45, 2.75) is 18.5 Å². The van der Waals surface area contributed by atoms with E-state index in [1.54, 1.807) is 31.2 Å². The molecule has 0 spiro atoms. The maximum atomic E-state index is 12.1. The number of benzene rings is 1. The minimum absolute atomic E-state index is 0.0183. The third-order valence-electron chi connectivity index (χ3n) is 3.20. The van der Waals surface area contributed by atoms with Crippen LogP contribution in [0.3, 0.4) is 0 Å². The van der Waals surface area contributed by atoms with Crippen LogP contribution in [0.5, 0.6) is 0 Å². The number of hydrogen-bond donors (Lipinski definition) is 0. The molecule has 0 amide bonds. The molecule has 7 nitrogen and oxygen atoms in total. The Morgan fingerprint density at radius 2 is 1.80 bits per heavy atom. The molecule has 0 atom stereocenters. The van der Waals surface area contributed by atoms with Gasteiger partial charge >= 0.3 is 0 Å². The molecule has 2 aromatic heterocycles. The number of sulfone groups is 1. The van der Waals surface area contributed by atoms with Crippen molar-refractivity contribution >= 4 is 33.0 Å². The lowest BCUT2D eigenvalue weighted by Crippen LogP contribution is -2.11. The lowest BCUT2D eigenvalue weighted by Gasteiger charge is -2.03. The maximum Gasteiger partial charge on any atom is 0.268 e. The van der Waals surface area contributed by atoms with Crippen LogP contribution in [-0.2, 0) is 9.84 Å². The molecule has 130 valence electrons. The molecule has 25 heavy (non-hydrogen) atoms. The van der Waals surface area contributed by atoms with Crippen molar-refractivity contribution in [1.82, 2.24) is 20.2 Å². The molecule has 0 radical (unpaired) electrons. The van der Waals surface area contributed by atoms with Crippen LogP contribution in [0.25, 0.3) is 23.0 Å². The lowest BCUT2D eigenvalue weighted by molar-refractivity contribution is 0.576. The van der Waals surface area contributed by atoms with Crippen molar-refractivity contribution < 1.29 is 12.8 Å². The SMILES string of the molecule is CCCS(=O)(=O)c1ncc(Cl)c(-c2nnc(-c3ccccc3Cl)o2)n1. The van der Waals surface area contributed by atoms with Crippen LogP contribution in [-0.4, -0.2) is 34.3 Å². The number of hydrogen-bond acceptors (Lipinski definition) is 7. The summed E-state index contributed by atoms with van der Waals surface area (Å²) in [7, 11) is -3.60. The van der Waals surface area contributed by atoms with Crippen molar-refractivity contribution in [3.63, 3.8) is 0 Å². The summed E-state index contributed by atoms with van der Waals surface area (Å²) in [4.78, 5) is 7.79. The van der Waals surface area contributed by atoms with E-state index in [1.165, 1.54) is 6.20 Å². The van der Waals surface area contributed by atoms with Gasteiger partial charge in [0, 0.05) is 0 Å². The molecular weight excluding hydrogens is 387 g/mol. The second-order valence-corrected chi connectivity index (χ2v) is 7.88. The highest BCUT2D eigenvalue weighted by Crippen LogP contribution is 2.31. The van der Waals surface area contributed by atoms with Crippen molar-refractivity contribution in [1.29, 1.82) is 0 Å². The van der Waals surface area contributed by atoms with Crippen LogP contribution in [0.1, 0.15) is 13.3 Å². The number of rotatable bonds is 5. The normalized spacial score (nSPS) is 11.6. The van der Waals surface area contributed by atoms with E-state index in [0.29, 0.717) is 17.0 Å². The van der Waals surface area contributed by atoms with Crippen LogP contribution in [0.15, 0.2) is 40.0 Å². The van der Waals surface area contributed by atoms with E-state index < -0.39 is 9.84 Å². The average Bonchev–Trinajstić information content (AvgIpc) is 3.05. The molecule has 0 aliphatic carbocycles. The second kappa shape index (κ2) is 7.07. The lowest BCUT2D eigenvalue weighted by atomic mass is 10.2. The van der Waals surface area contributed by atoms with Crippen molar-refractivity contribution in [2.24, 2.45) is 0 Å². The Morgan fingerprint density at radius 3 is 2.52 bits per heavy atom. The first-order valence-corrected chi connectivity index (χ1v) is 9.67. The van der Waals surface area contributed by atoms with Gasteiger partial charge in [0.05, 0.1) is 27.6 Å². The summed E-state index contributed by atoms with van der Waals surface area (Å²) >= 11 is 12.2. The van der Waals surface area contributed by atoms with Gasteiger partial charge in [-0.25, -0.2) is 18.4 Å². The van der Waals surface area contributed by atoms with E-state index in [-0.39, 0.29) is 33.4 Å². The monoisotopic (exact) mass is 398 g/mol. The standard InChI is InChI=1S/C15H12Cl2N4O3S/c1-2-7-25(22,23)15-18-8-11(17)12(19-15)14-21-20-13(24-14)9-5-3-4-6-10(9)16/h3-6,8H,2,7H2,1H3. The molecule has 0 aliphatic rings. The summed E-state index contributed by atoms with van der Waals surface area (Å²) in [6, 6.07) is 6.96. The van der Waals surface area contributed by atoms with Gasteiger partial charge in [0.1, 0.15) is 0 Å². The summed E-state index contributed by atoms with van der Waals surface area (Å²) in [6.07, 6.45) is 1.65. The van der Waals surface area contributed by atoms with Crippen LogP contribution < -0.4 is 0 Å². The zero-order valence-electron chi connectivity index (χ0n) is 13.0. The van der Waals surface area contributed by atoms with Crippen LogP contribution in [0.4, 0.5) is 0 Å². The van der Waals surface area contributed by atoms with E-state index in [2.05, 4.69) is 20.2 Å². The van der Waals surface area contributed by atoms with Crippen LogP contribution >= 0.6 is 23.2 Å². The predicted octanol–water partition coefficient (Wildman–Crippen LogP) is 3.68. The van der Waals surface area contributed by atoms with Crippen LogP contribution in [0.2, 0.25) is 10.0 Å². The van der Waals surface area contributed by atoms with Gasteiger partial charge in [-0.1, -0.05) is 42.3 Å². The molecule has 0 saturated heterocycles. The first kappa shape index (κ1) is 17.8. The van der Waals surface area contributed by atoms with Crippen molar-refractivity contribution in [3.05, 3.63) is 40.5 Å². The Bertz CT molecular complexity index is 1020. The van der Waals surface area contributed by atoms with Crippen molar-refractivity contribution in [3.8, 4) is 23.0 Å². The smallest absolute Gasteiger partial charge is 0.268 e. The number of nitrogens with zero attached hydrogens (tertiary/aromatic N) is 4. The fraction of sp³-hybridized carbons (Fsp3) is 0.200. The van der Waals surface area contributed by atoms with E-state index >= 15 is 0 Å². The third kappa shape index (κ3) is 3.65. The number of aromatic nitrogens is 4. The first-order valence-electron chi connectivity index (χ1n) is 7.26. The zero-order valence-corrected chi connectivity index (χ0v) is 15.3.